The fourth-order valence-corrected chi connectivity index (χ4v) is 2.81. The molecule has 0 bridgehead atoms. The molecule has 0 aliphatic rings. The van der Waals surface area contributed by atoms with Crippen LogP contribution in [0, 0.1) is 0 Å². The van der Waals surface area contributed by atoms with E-state index in [0.29, 0.717) is 26.5 Å². The van der Waals surface area contributed by atoms with Crippen LogP contribution in [-0.4, -0.2) is 26.6 Å². The van der Waals surface area contributed by atoms with E-state index in [2.05, 4.69) is 20.3 Å². The molecule has 0 aliphatic heterocycles. The van der Waals surface area contributed by atoms with Gasteiger partial charge in [0, 0.05) is 11.2 Å². The quantitative estimate of drug-likeness (QED) is 0.696. The first-order valence-electron chi connectivity index (χ1n) is 6.30. The van der Waals surface area contributed by atoms with Gasteiger partial charge in [0.2, 0.25) is 5.91 Å². The molecule has 0 saturated heterocycles. The summed E-state index contributed by atoms with van der Waals surface area (Å²) in [5, 5.41) is 4.31. The molecule has 0 radical (unpaired) electrons. The summed E-state index contributed by atoms with van der Waals surface area (Å²) in [7, 11) is 0. The largest absolute Gasteiger partial charge is 0.332 e. The summed E-state index contributed by atoms with van der Waals surface area (Å²) < 4.78 is 0. The van der Waals surface area contributed by atoms with E-state index < -0.39 is 0 Å². The number of aromatic amines is 1. The minimum absolute atomic E-state index is 0.192. The van der Waals surface area contributed by atoms with E-state index in [4.69, 9.17) is 23.2 Å². The van der Waals surface area contributed by atoms with E-state index in [-0.39, 0.29) is 11.7 Å². The summed E-state index contributed by atoms with van der Waals surface area (Å²) in [5.41, 5.74) is 1.96. The average molecular weight is 353 g/mol. The average Bonchev–Trinajstić information content (AvgIpc) is 2.92. The molecule has 3 rings (SSSR count). The Hall–Kier alpha value is -1.76. The van der Waals surface area contributed by atoms with Crippen LogP contribution in [0.2, 0.25) is 10.0 Å². The smallest absolute Gasteiger partial charge is 0.234 e. The van der Waals surface area contributed by atoms with Crippen molar-refractivity contribution in [2.45, 2.75) is 5.16 Å². The normalized spacial score (nSPS) is 10.8. The van der Waals surface area contributed by atoms with Crippen LogP contribution in [0.3, 0.4) is 0 Å². The van der Waals surface area contributed by atoms with Gasteiger partial charge in [-0.1, -0.05) is 35.0 Å². The molecule has 0 aliphatic carbocycles. The van der Waals surface area contributed by atoms with Crippen LogP contribution >= 0.6 is 35.0 Å². The minimum Gasteiger partial charge on any atom is -0.332 e. The number of halogens is 2. The predicted octanol–water partition coefficient (Wildman–Crippen LogP) is 4.00. The zero-order chi connectivity index (χ0) is 15.5. The molecule has 0 atom stereocenters. The van der Waals surface area contributed by atoms with Gasteiger partial charge in [0.25, 0.3) is 0 Å². The van der Waals surface area contributed by atoms with Crippen LogP contribution in [0.1, 0.15) is 0 Å². The Kier molecular flexibility index (Phi) is 4.52. The summed E-state index contributed by atoms with van der Waals surface area (Å²) in [6.07, 6.45) is 1.67. The summed E-state index contributed by atoms with van der Waals surface area (Å²) in [6.45, 7) is 0. The number of hydrogen-bond acceptors (Lipinski definition) is 4. The highest BCUT2D eigenvalue weighted by Crippen LogP contribution is 2.26. The Morgan fingerprint density at radius 1 is 1.32 bits per heavy atom. The van der Waals surface area contributed by atoms with Gasteiger partial charge in [-0.15, -0.1) is 0 Å². The van der Waals surface area contributed by atoms with Crippen molar-refractivity contribution in [2.24, 2.45) is 0 Å². The summed E-state index contributed by atoms with van der Waals surface area (Å²) in [5.74, 6) is 0.00503. The van der Waals surface area contributed by atoms with Crippen LogP contribution < -0.4 is 5.32 Å². The molecule has 2 heterocycles. The third-order valence-electron chi connectivity index (χ3n) is 2.78. The Bertz CT molecular complexity index is 804. The topological polar surface area (TPSA) is 70.7 Å². The monoisotopic (exact) mass is 352 g/mol. The number of fused-ring (bicyclic) bond motifs is 1. The Balaban J connectivity index is 1.63. The van der Waals surface area contributed by atoms with Crippen molar-refractivity contribution < 1.29 is 4.79 Å². The maximum Gasteiger partial charge on any atom is 0.234 e. The first-order chi connectivity index (χ1) is 10.6. The maximum atomic E-state index is 12.0. The number of hydrogen-bond donors (Lipinski definition) is 2. The fraction of sp³-hybridized carbons (Fsp3) is 0.0714. The second-order valence-corrected chi connectivity index (χ2v) is 6.19. The van der Waals surface area contributed by atoms with E-state index in [1.807, 2.05) is 12.1 Å². The van der Waals surface area contributed by atoms with Gasteiger partial charge in [0.1, 0.15) is 0 Å². The molecule has 1 aromatic carbocycles. The number of amides is 1. The van der Waals surface area contributed by atoms with Gasteiger partial charge in [0.05, 0.1) is 22.0 Å². The molecule has 0 unspecified atom stereocenters. The van der Waals surface area contributed by atoms with Gasteiger partial charge in [0.15, 0.2) is 10.8 Å². The van der Waals surface area contributed by atoms with Crippen molar-refractivity contribution in [3.63, 3.8) is 0 Å². The zero-order valence-corrected chi connectivity index (χ0v) is 13.5. The van der Waals surface area contributed by atoms with E-state index in [0.717, 1.165) is 5.52 Å². The van der Waals surface area contributed by atoms with E-state index >= 15 is 0 Å². The van der Waals surface area contributed by atoms with Gasteiger partial charge in [-0.05, 0) is 30.3 Å². The number of H-pyrrole nitrogens is 1. The van der Waals surface area contributed by atoms with Gasteiger partial charge >= 0.3 is 0 Å². The molecule has 0 spiro atoms. The number of imidazole rings is 1. The number of anilines is 1. The third kappa shape index (κ3) is 3.52. The number of thioether (sulfide) groups is 1. The fourth-order valence-electron chi connectivity index (χ4n) is 1.80. The number of benzene rings is 1. The summed E-state index contributed by atoms with van der Waals surface area (Å²) in [4.78, 5) is 23.5. The van der Waals surface area contributed by atoms with Crippen LogP contribution in [0.5, 0.6) is 0 Å². The number of aromatic nitrogens is 3. The standard InChI is InChI=1S/C14H10Cl2N4OS/c15-8-3-4-9(16)11(6-8)18-12(21)7-22-14-19-10-2-1-5-17-13(10)20-14/h1-6H,7H2,(H,18,21)(H,17,19,20). The van der Waals surface area contributed by atoms with Crippen LogP contribution in [-0.2, 0) is 4.79 Å². The highest BCUT2D eigenvalue weighted by molar-refractivity contribution is 7.99. The highest BCUT2D eigenvalue weighted by Gasteiger charge is 2.09. The van der Waals surface area contributed by atoms with E-state index in [1.54, 1.807) is 24.4 Å². The molecular weight excluding hydrogens is 343 g/mol. The second kappa shape index (κ2) is 6.56. The van der Waals surface area contributed by atoms with E-state index in [1.165, 1.54) is 11.8 Å². The maximum absolute atomic E-state index is 12.0. The molecule has 1 amide bonds. The van der Waals surface area contributed by atoms with Crippen molar-refractivity contribution in [1.29, 1.82) is 0 Å². The molecule has 5 nitrogen and oxygen atoms in total. The molecule has 0 fully saturated rings. The Morgan fingerprint density at radius 3 is 3.00 bits per heavy atom. The first-order valence-corrected chi connectivity index (χ1v) is 8.04. The van der Waals surface area contributed by atoms with Crippen LogP contribution in [0.15, 0.2) is 41.7 Å². The number of carbonyl (C=O) groups excluding carboxylic acids is 1. The first kappa shape index (κ1) is 15.1. The van der Waals surface area contributed by atoms with Crippen molar-refractivity contribution >= 4 is 57.7 Å². The lowest BCUT2D eigenvalue weighted by Crippen LogP contribution is -2.14. The minimum atomic E-state index is -0.192. The van der Waals surface area contributed by atoms with E-state index in [9.17, 15) is 4.79 Å². The number of carbonyl (C=O) groups is 1. The highest BCUT2D eigenvalue weighted by atomic mass is 35.5. The summed E-state index contributed by atoms with van der Waals surface area (Å²) in [6, 6.07) is 8.61. The zero-order valence-electron chi connectivity index (χ0n) is 11.1. The van der Waals surface area contributed by atoms with Gasteiger partial charge in [-0.25, -0.2) is 9.97 Å². The number of pyridine rings is 1. The van der Waals surface area contributed by atoms with Crippen molar-refractivity contribution in [2.75, 3.05) is 11.1 Å². The van der Waals surface area contributed by atoms with Gasteiger partial charge < -0.3 is 10.3 Å². The van der Waals surface area contributed by atoms with Crippen molar-refractivity contribution in [3.05, 3.63) is 46.6 Å². The van der Waals surface area contributed by atoms with Crippen molar-refractivity contribution in [3.8, 4) is 0 Å². The lowest BCUT2D eigenvalue weighted by atomic mass is 10.3. The number of nitrogens with zero attached hydrogens (tertiary/aromatic N) is 2. The van der Waals surface area contributed by atoms with Crippen LogP contribution in [0.4, 0.5) is 5.69 Å². The summed E-state index contributed by atoms with van der Waals surface area (Å²) >= 11 is 13.2. The lowest BCUT2D eigenvalue weighted by Gasteiger charge is -2.06. The molecule has 2 aromatic heterocycles. The second-order valence-electron chi connectivity index (χ2n) is 4.38. The Labute approximate surface area is 140 Å². The lowest BCUT2D eigenvalue weighted by molar-refractivity contribution is -0.113. The van der Waals surface area contributed by atoms with Crippen molar-refractivity contribution in [1.82, 2.24) is 15.0 Å². The number of nitrogens with one attached hydrogen (secondary N) is 2. The molecular formula is C14H10Cl2N4OS. The van der Waals surface area contributed by atoms with Gasteiger partial charge in [-0.3, -0.25) is 4.79 Å². The molecule has 0 saturated carbocycles. The molecule has 112 valence electrons. The molecule has 22 heavy (non-hydrogen) atoms. The van der Waals surface area contributed by atoms with Gasteiger partial charge in [-0.2, -0.15) is 0 Å². The Morgan fingerprint density at radius 2 is 2.18 bits per heavy atom. The predicted molar refractivity (Wildman–Crippen MR) is 89.7 cm³/mol. The molecule has 8 heteroatoms. The van der Waals surface area contributed by atoms with Crippen LogP contribution in [0.25, 0.3) is 11.2 Å². The molecule has 3 aromatic rings. The molecule has 2 N–H and O–H groups in total. The number of rotatable bonds is 4. The third-order valence-corrected chi connectivity index (χ3v) is 4.22. The SMILES string of the molecule is O=C(CSc1nc2ncccc2[nH]1)Nc1cc(Cl)ccc1Cl.